The Labute approximate surface area is 238 Å². The summed E-state index contributed by atoms with van der Waals surface area (Å²) < 4.78 is 55.1. The number of rotatable bonds is 7. The quantitative estimate of drug-likeness (QED) is 0.314. The van der Waals surface area contributed by atoms with Crippen LogP contribution in [-0.2, 0) is 25.6 Å². The Morgan fingerprint density at radius 1 is 1.15 bits per heavy atom. The highest BCUT2D eigenvalue weighted by Crippen LogP contribution is 2.44. The van der Waals surface area contributed by atoms with Crippen LogP contribution < -0.4 is 5.32 Å². The summed E-state index contributed by atoms with van der Waals surface area (Å²) in [6, 6.07) is 6.00. The number of carbonyl (C=O) groups excluding carboxylic acids is 1. The van der Waals surface area contributed by atoms with Crippen molar-refractivity contribution in [3.8, 4) is 10.6 Å². The zero-order chi connectivity index (χ0) is 28.0. The molecule has 2 aromatic heterocycles. The van der Waals surface area contributed by atoms with Crippen LogP contribution in [0.4, 0.5) is 29.2 Å². The van der Waals surface area contributed by atoms with Crippen molar-refractivity contribution in [3.63, 3.8) is 0 Å². The summed E-state index contributed by atoms with van der Waals surface area (Å²) in [5.41, 5.74) is 2.83. The maximum Gasteiger partial charge on any atom is 0.420 e. The van der Waals surface area contributed by atoms with Crippen LogP contribution in [0.25, 0.3) is 10.6 Å². The lowest BCUT2D eigenvalue weighted by atomic mass is 9.95. The number of nitrogens with one attached hydrogen (secondary N) is 1. The van der Waals surface area contributed by atoms with Crippen LogP contribution >= 0.6 is 23.1 Å². The number of carbonyl (C=O) groups is 1. The van der Waals surface area contributed by atoms with E-state index in [0.29, 0.717) is 46.5 Å². The lowest BCUT2D eigenvalue weighted by Gasteiger charge is -2.29. The molecule has 0 saturated heterocycles. The molecule has 3 aliphatic rings. The standard InChI is InChI=1S/C28H29F4N5OS2/c1-2-16-11-18-15-36(8-6-29)7-5-17(18)12-21(16)34-27-33-14-20(28(30,31)32)24(35-27)22-13-23-25(40-22)26(38)37(9-10-39-23)19-3-4-19/h11-14,19H,2-10,15H2,1H3,(H,33,34,35). The fraction of sp³-hybridized carbons (Fsp3) is 0.464. The molecule has 1 saturated carbocycles. The molecule has 1 aliphatic carbocycles. The van der Waals surface area contributed by atoms with E-state index in [9.17, 15) is 22.4 Å². The molecule has 1 fully saturated rings. The molecule has 212 valence electrons. The van der Waals surface area contributed by atoms with Gasteiger partial charge in [-0.25, -0.2) is 14.4 Å². The number of amides is 1. The summed E-state index contributed by atoms with van der Waals surface area (Å²) in [7, 11) is 0. The van der Waals surface area contributed by atoms with Gasteiger partial charge in [0.2, 0.25) is 5.95 Å². The third kappa shape index (κ3) is 5.45. The second-order valence-electron chi connectivity index (χ2n) is 10.3. The van der Waals surface area contributed by atoms with E-state index >= 15 is 0 Å². The Bertz CT molecular complexity index is 1440. The first-order valence-electron chi connectivity index (χ1n) is 13.5. The van der Waals surface area contributed by atoms with E-state index in [1.165, 1.54) is 11.8 Å². The number of hydrogen-bond donors (Lipinski definition) is 1. The van der Waals surface area contributed by atoms with Gasteiger partial charge < -0.3 is 10.2 Å². The van der Waals surface area contributed by atoms with E-state index in [-0.39, 0.29) is 30.3 Å². The lowest BCUT2D eigenvalue weighted by molar-refractivity contribution is -0.137. The van der Waals surface area contributed by atoms with E-state index in [2.05, 4.69) is 26.3 Å². The first-order valence-corrected chi connectivity index (χ1v) is 15.3. The van der Waals surface area contributed by atoms with Gasteiger partial charge in [-0.15, -0.1) is 23.1 Å². The summed E-state index contributed by atoms with van der Waals surface area (Å²) in [5.74, 6) is 0.666. The van der Waals surface area contributed by atoms with Crippen LogP contribution in [0, 0.1) is 0 Å². The predicted octanol–water partition coefficient (Wildman–Crippen LogP) is 6.57. The van der Waals surface area contributed by atoms with Gasteiger partial charge in [-0.05, 0) is 54.5 Å². The second kappa shape index (κ2) is 10.9. The zero-order valence-electron chi connectivity index (χ0n) is 22.0. The van der Waals surface area contributed by atoms with Gasteiger partial charge in [-0.1, -0.05) is 13.0 Å². The summed E-state index contributed by atoms with van der Waals surface area (Å²) in [6.07, 6.45) is -0.431. The number of fused-ring (bicyclic) bond motifs is 2. The van der Waals surface area contributed by atoms with Crippen molar-refractivity contribution in [2.75, 3.05) is 37.4 Å². The molecular weight excluding hydrogens is 562 g/mol. The van der Waals surface area contributed by atoms with Gasteiger partial charge in [0, 0.05) is 54.8 Å². The number of halogens is 4. The minimum absolute atomic E-state index is 0.0645. The van der Waals surface area contributed by atoms with Crippen molar-refractivity contribution in [1.82, 2.24) is 19.8 Å². The smallest absolute Gasteiger partial charge is 0.334 e. The number of nitrogens with zero attached hydrogens (tertiary/aromatic N) is 4. The van der Waals surface area contributed by atoms with Gasteiger partial charge in [0.25, 0.3) is 5.91 Å². The summed E-state index contributed by atoms with van der Waals surface area (Å²) in [4.78, 5) is 27.1. The van der Waals surface area contributed by atoms with E-state index < -0.39 is 11.7 Å². The minimum atomic E-state index is -4.65. The molecule has 6 rings (SSSR count). The molecule has 0 unspecified atom stereocenters. The molecule has 0 spiro atoms. The van der Waals surface area contributed by atoms with E-state index in [1.54, 1.807) is 6.07 Å². The number of benzene rings is 1. The Morgan fingerprint density at radius 3 is 2.70 bits per heavy atom. The van der Waals surface area contributed by atoms with Crippen LogP contribution in [0.3, 0.4) is 0 Å². The maximum atomic E-state index is 14.1. The minimum Gasteiger partial charge on any atom is -0.334 e. The molecule has 4 heterocycles. The van der Waals surface area contributed by atoms with E-state index in [4.69, 9.17) is 0 Å². The SMILES string of the molecule is CCc1cc2c(cc1Nc1ncc(C(F)(F)F)c(-c3cc4c(s3)C(=O)N(C3CC3)CCS4)n1)CCN(CCF)C2. The number of thiophene rings is 1. The summed E-state index contributed by atoms with van der Waals surface area (Å²) in [5, 5.41) is 3.17. The molecule has 1 amide bonds. The normalized spacial score (nSPS) is 17.9. The maximum absolute atomic E-state index is 14.1. The Hall–Kier alpha value is -2.70. The first-order chi connectivity index (χ1) is 19.2. The number of anilines is 2. The summed E-state index contributed by atoms with van der Waals surface area (Å²) >= 11 is 2.58. The third-order valence-corrected chi connectivity index (χ3v) is 9.88. The van der Waals surface area contributed by atoms with Crippen LogP contribution in [0.15, 0.2) is 29.3 Å². The third-order valence-electron chi connectivity index (χ3n) is 7.60. The molecule has 0 radical (unpaired) electrons. The zero-order valence-corrected chi connectivity index (χ0v) is 23.6. The molecule has 0 bridgehead atoms. The second-order valence-corrected chi connectivity index (χ2v) is 12.5. The van der Waals surface area contributed by atoms with E-state index in [1.807, 2.05) is 17.9 Å². The molecule has 6 nitrogen and oxygen atoms in total. The van der Waals surface area contributed by atoms with Gasteiger partial charge in [0.15, 0.2) is 0 Å². The number of alkyl halides is 4. The van der Waals surface area contributed by atoms with Crippen molar-refractivity contribution < 1.29 is 22.4 Å². The van der Waals surface area contributed by atoms with Crippen LogP contribution in [0.1, 0.15) is 51.7 Å². The average molecular weight is 592 g/mol. The average Bonchev–Trinajstić information content (AvgIpc) is 3.70. The van der Waals surface area contributed by atoms with Crippen molar-refractivity contribution >= 4 is 40.6 Å². The highest BCUT2D eigenvalue weighted by molar-refractivity contribution is 7.99. The number of aryl methyl sites for hydroxylation is 1. The Balaban J connectivity index is 1.34. The number of thioether (sulfide) groups is 1. The predicted molar refractivity (Wildman–Crippen MR) is 149 cm³/mol. The highest BCUT2D eigenvalue weighted by Gasteiger charge is 2.39. The van der Waals surface area contributed by atoms with Gasteiger partial charge in [0.1, 0.15) is 17.1 Å². The fourth-order valence-electron chi connectivity index (χ4n) is 5.36. The van der Waals surface area contributed by atoms with Crippen molar-refractivity contribution in [3.05, 3.63) is 51.5 Å². The molecule has 0 atom stereocenters. The monoisotopic (exact) mass is 591 g/mol. The van der Waals surface area contributed by atoms with E-state index in [0.717, 1.165) is 65.7 Å². The molecule has 1 aromatic carbocycles. The Kier molecular flexibility index (Phi) is 7.51. The molecule has 12 heteroatoms. The molecule has 3 aromatic rings. The lowest BCUT2D eigenvalue weighted by Crippen LogP contribution is -2.33. The number of hydrogen-bond acceptors (Lipinski definition) is 7. The van der Waals surface area contributed by atoms with Gasteiger partial charge in [-0.2, -0.15) is 13.2 Å². The van der Waals surface area contributed by atoms with Crippen molar-refractivity contribution in [2.24, 2.45) is 0 Å². The van der Waals surface area contributed by atoms with Crippen LogP contribution in [0.2, 0.25) is 0 Å². The topological polar surface area (TPSA) is 61.4 Å². The molecule has 40 heavy (non-hydrogen) atoms. The summed E-state index contributed by atoms with van der Waals surface area (Å²) in [6.45, 7) is 4.09. The fourth-order valence-corrected chi connectivity index (χ4v) is 7.68. The van der Waals surface area contributed by atoms with Crippen LogP contribution in [-0.4, -0.2) is 63.8 Å². The largest absolute Gasteiger partial charge is 0.420 e. The van der Waals surface area contributed by atoms with Crippen molar-refractivity contribution in [1.29, 1.82) is 0 Å². The van der Waals surface area contributed by atoms with Crippen LogP contribution in [0.5, 0.6) is 0 Å². The molecule has 2 aliphatic heterocycles. The van der Waals surface area contributed by atoms with Gasteiger partial charge in [0.05, 0.1) is 10.6 Å². The molecular formula is C28H29F4N5OS2. The van der Waals surface area contributed by atoms with Crippen molar-refractivity contribution in [2.45, 2.75) is 56.3 Å². The highest BCUT2D eigenvalue weighted by atomic mass is 32.2. The molecule has 1 N–H and O–H groups in total. The number of aromatic nitrogens is 2. The van der Waals surface area contributed by atoms with Gasteiger partial charge >= 0.3 is 6.18 Å². The van der Waals surface area contributed by atoms with Gasteiger partial charge in [-0.3, -0.25) is 9.69 Å². The Morgan fingerprint density at radius 2 is 1.98 bits per heavy atom. The first kappa shape index (κ1) is 27.5.